The molecular formula is C11H12N2O2S2. The van der Waals surface area contributed by atoms with Crippen molar-refractivity contribution in [2.24, 2.45) is 0 Å². The molecule has 0 aliphatic carbocycles. The molecule has 1 unspecified atom stereocenters. The van der Waals surface area contributed by atoms with Crippen LogP contribution in [0, 0.1) is 0 Å². The van der Waals surface area contributed by atoms with Gasteiger partial charge in [-0.1, -0.05) is 6.07 Å². The maximum atomic E-state index is 11.5. The fourth-order valence-corrected chi connectivity index (χ4v) is 4.63. The lowest BCUT2D eigenvalue weighted by molar-refractivity contribution is 0.561. The minimum absolute atomic E-state index is 0.0413. The number of aromatic nitrogens is 2. The second-order valence-corrected chi connectivity index (χ2v) is 7.37. The van der Waals surface area contributed by atoms with E-state index in [1.807, 2.05) is 28.3 Å². The van der Waals surface area contributed by atoms with Crippen LogP contribution < -0.4 is 0 Å². The fourth-order valence-electron chi connectivity index (χ4n) is 2.20. The smallest absolute Gasteiger partial charge is 0.152 e. The molecule has 2 aromatic heterocycles. The van der Waals surface area contributed by atoms with Gasteiger partial charge in [-0.15, -0.1) is 11.3 Å². The molecule has 3 heterocycles. The molecule has 0 spiro atoms. The van der Waals surface area contributed by atoms with Gasteiger partial charge in [-0.05, 0) is 17.9 Å². The lowest BCUT2D eigenvalue weighted by Crippen LogP contribution is -2.11. The Kier molecular flexibility index (Phi) is 2.56. The topological polar surface area (TPSA) is 52.0 Å². The fraction of sp³-hybridized carbons (Fsp3) is 0.364. The summed E-state index contributed by atoms with van der Waals surface area (Å²) in [5.74, 6) is 1.41. The first-order chi connectivity index (χ1) is 8.16. The Hall–Kier alpha value is -1.14. The number of imidazole rings is 1. The van der Waals surface area contributed by atoms with E-state index in [9.17, 15) is 8.42 Å². The Balaban J connectivity index is 1.98. The number of hydrogen-bond donors (Lipinski definition) is 0. The minimum atomic E-state index is -2.85. The van der Waals surface area contributed by atoms with Crippen molar-refractivity contribution in [3.8, 4) is 10.7 Å². The van der Waals surface area contributed by atoms with Gasteiger partial charge in [0.2, 0.25) is 0 Å². The first-order valence-corrected chi connectivity index (χ1v) is 8.13. The highest BCUT2D eigenvalue weighted by Gasteiger charge is 2.30. The number of thiophene rings is 1. The van der Waals surface area contributed by atoms with Crippen LogP contribution in [0.3, 0.4) is 0 Å². The second kappa shape index (κ2) is 3.96. The summed E-state index contributed by atoms with van der Waals surface area (Å²) in [6.07, 6.45) is 4.30. The van der Waals surface area contributed by atoms with Crippen LogP contribution in [-0.2, 0) is 9.84 Å². The third-order valence-electron chi connectivity index (χ3n) is 3.01. The molecule has 2 aromatic rings. The lowest BCUT2D eigenvalue weighted by Gasteiger charge is -2.12. The van der Waals surface area contributed by atoms with Crippen molar-refractivity contribution in [3.05, 3.63) is 29.9 Å². The van der Waals surface area contributed by atoms with E-state index < -0.39 is 9.84 Å². The van der Waals surface area contributed by atoms with Gasteiger partial charge in [-0.3, -0.25) is 0 Å². The van der Waals surface area contributed by atoms with Gasteiger partial charge in [-0.25, -0.2) is 13.4 Å². The second-order valence-electron chi connectivity index (χ2n) is 4.19. The predicted octanol–water partition coefficient (Wildman–Crippen LogP) is 1.97. The molecule has 0 radical (unpaired) electrons. The van der Waals surface area contributed by atoms with E-state index in [-0.39, 0.29) is 11.8 Å². The zero-order valence-electron chi connectivity index (χ0n) is 9.11. The summed E-state index contributed by atoms with van der Waals surface area (Å²) >= 11 is 1.62. The number of nitrogens with zero attached hydrogens (tertiary/aromatic N) is 2. The average Bonchev–Trinajstić information content (AvgIpc) is 2.93. The Labute approximate surface area is 104 Å². The molecule has 0 aromatic carbocycles. The van der Waals surface area contributed by atoms with Crippen molar-refractivity contribution >= 4 is 21.2 Å². The third kappa shape index (κ3) is 2.02. The molecule has 0 saturated carbocycles. The Bertz CT molecular complexity index is 614. The molecule has 90 valence electrons. The van der Waals surface area contributed by atoms with Gasteiger partial charge in [0.1, 0.15) is 5.82 Å². The molecule has 1 fully saturated rings. The van der Waals surface area contributed by atoms with E-state index in [1.165, 1.54) is 0 Å². The molecule has 6 heteroatoms. The number of hydrogen-bond acceptors (Lipinski definition) is 4. The molecular weight excluding hydrogens is 256 g/mol. The summed E-state index contributed by atoms with van der Waals surface area (Å²) in [5, 5.41) is 2.00. The lowest BCUT2D eigenvalue weighted by atomic mass is 10.2. The van der Waals surface area contributed by atoms with Crippen molar-refractivity contribution < 1.29 is 8.42 Å². The molecule has 17 heavy (non-hydrogen) atoms. The van der Waals surface area contributed by atoms with E-state index in [2.05, 4.69) is 4.98 Å². The number of rotatable bonds is 2. The van der Waals surface area contributed by atoms with Crippen LogP contribution in [0.2, 0.25) is 0 Å². The van der Waals surface area contributed by atoms with E-state index >= 15 is 0 Å². The summed E-state index contributed by atoms with van der Waals surface area (Å²) in [7, 11) is -2.85. The van der Waals surface area contributed by atoms with Crippen LogP contribution in [0.15, 0.2) is 29.9 Å². The molecule has 0 N–H and O–H groups in total. The average molecular weight is 268 g/mol. The molecule has 4 nitrogen and oxygen atoms in total. The molecule has 1 atom stereocenters. The Morgan fingerprint density at radius 3 is 3.00 bits per heavy atom. The predicted molar refractivity (Wildman–Crippen MR) is 67.8 cm³/mol. The highest BCUT2D eigenvalue weighted by atomic mass is 32.2. The van der Waals surface area contributed by atoms with Crippen LogP contribution in [0.5, 0.6) is 0 Å². The van der Waals surface area contributed by atoms with Gasteiger partial charge in [0.25, 0.3) is 0 Å². The monoisotopic (exact) mass is 268 g/mol. The van der Waals surface area contributed by atoms with Gasteiger partial charge in [0.15, 0.2) is 9.84 Å². The van der Waals surface area contributed by atoms with Gasteiger partial charge in [0, 0.05) is 12.4 Å². The molecule has 0 amide bonds. The van der Waals surface area contributed by atoms with Crippen LogP contribution in [0.1, 0.15) is 12.5 Å². The molecule has 1 saturated heterocycles. The highest BCUT2D eigenvalue weighted by Crippen LogP contribution is 2.30. The van der Waals surface area contributed by atoms with Crippen molar-refractivity contribution in [1.82, 2.24) is 9.55 Å². The molecule has 3 rings (SSSR count). The van der Waals surface area contributed by atoms with Crippen LogP contribution >= 0.6 is 11.3 Å². The summed E-state index contributed by atoms with van der Waals surface area (Å²) in [4.78, 5) is 5.41. The Morgan fingerprint density at radius 2 is 2.35 bits per heavy atom. The minimum Gasteiger partial charge on any atom is -0.326 e. The van der Waals surface area contributed by atoms with Crippen molar-refractivity contribution in [2.45, 2.75) is 12.5 Å². The Morgan fingerprint density at radius 1 is 1.47 bits per heavy atom. The van der Waals surface area contributed by atoms with E-state index in [0.717, 1.165) is 10.7 Å². The third-order valence-corrected chi connectivity index (χ3v) is 5.63. The highest BCUT2D eigenvalue weighted by molar-refractivity contribution is 7.91. The molecule has 1 aliphatic heterocycles. The summed E-state index contributed by atoms with van der Waals surface area (Å²) in [5.41, 5.74) is 0. The van der Waals surface area contributed by atoms with Crippen molar-refractivity contribution in [3.63, 3.8) is 0 Å². The summed E-state index contributed by atoms with van der Waals surface area (Å²) < 4.78 is 25.0. The van der Waals surface area contributed by atoms with E-state index in [1.54, 1.807) is 17.5 Å². The first-order valence-electron chi connectivity index (χ1n) is 5.43. The van der Waals surface area contributed by atoms with Crippen LogP contribution in [0.4, 0.5) is 0 Å². The first kappa shape index (κ1) is 11.0. The van der Waals surface area contributed by atoms with E-state index in [0.29, 0.717) is 12.2 Å². The maximum absolute atomic E-state index is 11.5. The largest absolute Gasteiger partial charge is 0.326 e. The van der Waals surface area contributed by atoms with Gasteiger partial charge in [0.05, 0.1) is 22.4 Å². The van der Waals surface area contributed by atoms with Crippen LogP contribution in [-0.4, -0.2) is 29.5 Å². The summed E-state index contributed by atoms with van der Waals surface area (Å²) in [6.45, 7) is 0. The zero-order chi connectivity index (χ0) is 11.9. The van der Waals surface area contributed by atoms with Gasteiger partial charge in [-0.2, -0.15) is 0 Å². The number of sulfone groups is 1. The van der Waals surface area contributed by atoms with Gasteiger partial charge >= 0.3 is 0 Å². The van der Waals surface area contributed by atoms with E-state index in [4.69, 9.17) is 0 Å². The standard InChI is InChI=1S/C11H12N2O2S2/c14-17(15)7-3-9(8-17)13-5-4-12-11(13)10-2-1-6-16-10/h1-2,4-6,9H,3,7-8H2. The zero-order valence-corrected chi connectivity index (χ0v) is 10.7. The normalized spacial score (nSPS) is 22.9. The molecule has 0 bridgehead atoms. The van der Waals surface area contributed by atoms with Gasteiger partial charge < -0.3 is 4.57 Å². The summed E-state index contributed by atoms with van der Waals surface area (Å²) in [6, 6.07) is 4.02. The van der Waals surface area contributed by atoms with Crippen molar-refractivity contribution in [1.29, 1.82) is 0 Å². The quantitative estimate of drug-likeness (QED) is 0.836. The van der Waals surface area contributed by atoms with Crippen molar-refractivity contribution in [2.75, 3.05) is 11.5 Å². The van der Waals surface area contributed by atoms with Crippen LogP contribution in [0.25, 0.3) is 10.7 Å². The molecule has 1 aliphatic rings. The maximum Gasteiger partial charge on any atom is 0.152 e. The SMILES string of the molecule is O=S1(=O)CCC(n2ccnc2-c2cccs2)C1.